The van der Waals surface area contributed by atoms with Crippen LogP contribution in [0.25, 0.3) is 0 Å². The summed E-state index contributed by atoms with van der Waals surface area (Å²) in [6.07, 6.45) is 0. The maximum absolute atomic E-state index is 10.8. The Bertz CT molecular complexity index is 373. The van der Waals surface area contributed by atoms with Gasteiger partial charge in [0.2, 0.25) is 0 Å². The van der Waals surface area contributed by atoms with E-state index >= 15 is 0 Å². The third-order valence-corrected chi connectivity index (χ3v) is 3.88. The molecule has 2 rings (SSSR count). The van der Waals surface area contributed by atoms with Crippen LogP contribution in [0.3, 0.4) is 0 Å². The lowest BCUT2D eigenvalue weighted by Crippen LogP contribution is -2.46. The highest BCUT2D eigenvalue weighted by Crippen LogP contribution is 2.16. The van der Waals surface area contributed by atoms with Crippen LogP contribution >= 0.6 is 0 Å². The highest BCUT2D eigenvalue weighted by Gasteiger charge is 2.32. The molecule has 0 amide bonds. The molecule has 0 saturated carbocycles. The lowest BCUT2D eigenvalue weighted by atomic mass is 10.3. The second kappa shape index (κ2) is 3.03. The Hall–Kier alpha value is -1.03. The van der Waals surface area contributed by atoms with Gasteiger partial charge in [-0.2, -0.15) is 0 Å². The molecule has 1 aliphatic heterocycles. The van der Waals surface area contributed by atoms with Gasteiger partial charge < -0.3 is 5.32 Å². The third-order valence-electron chi connectivity index (χ3n) is 2.05. The number of nitrogens with one attached hydrogen (secondary N) is 1. The lowest BCUT2D eigenvalue weighted by molar-refractivity contribution is 0.570. The molecule has 0 unspecified atom stereocenters. The van der Waals surface area contributed by atoms with E-state index in [0.717, 1.165) is 5.69 Å². The molecule has 1 aliphatic rings. The fourth-order valence-electron chi connectivity index (χ4n) is 1.42. The fourth-order valence-corrected chi connectivity index (χ4v) is 2.71. The Balaban J connectivity index is 1.95. The Morgan fingerprint density at radius 2 is 1.77 bits per heavy atom. The number of anilines is 1. The number of sulfone groups is 1. The number of benzene rings is 1. The van der Waals surface area contributed by atoms with Crippen LogP contribution in [0.5, 0.6) is 0 Å². The van der Waals surface area contributed by atoms with Crippen molar-refractivity contribution in [3.8, 4) is 0 Å². The van der Waals surface area contributed by atoms with E-state index in [0.29, 0.717) is 0 Å². The monoisotopic (exact) mass is 197 g/mol. The van der Waals surface area contributed by atoms with Gasteiger partial charge in [0.25, 0.3) is 0 Å². The molecule has 1 heterocycles. The summed E-state index contributed by atoms with van der Waals surface area (Å²) in [6.45, 7) is 0. The Morgan fingerprint density at radius 3 is 2.31 bits per heavy atom. The zero-order chi connectivity index (χ0) is 9.31. The molecule has 0 spiro atoms. The molecular weight excluding hydrogens is 186 g/mol. The van der Waals surface area contributed by atoms with Crippen molar-refractivity contribution >= 4 is 15.5 Å². The number of hydrogen-bond donors (Lipinski definition) is 1. The van der Waals surface area contributed by atoms with Gasteiger partial charge in [-0.05, 0) is 12.1 Å². The first kappa shape index (κ1) is 8.56. The molecule has 0 radical (unpaired) electrons. The van der Waals surface area contributed by atoms with E-state index in [-0.39, 0.29) is 17.5 Å². The van der Waals surface area contributed by atoms with E-state index in [2.05, 4.69) is 5.32 Å². The van der Waals surface area contributed by atoms with E-state index in [1.165, 1.54) is 0 Å². The first-order valence-corrected chi connectivity index (χ1v) is 6.00. The average Bonchev–Trinajstić information content (AvgIpc) is 2.03. The predicted molar refractivity (Wildman–Crippen MR) is 52.5 cm³/mol. The van der Waals surface area contributed by atoms with E-state index < -0.39 is 9.84 Å². The zero-order valence-corrected chi connectivity index (χ0v) is 7.92. The van der Waals surface area contributed by atoms with E-state index in [1.54, 1.807) is 0 Å². The third kappa shape index (κ3) is 2.01. The van der Waals surface area contributed by atoms with Crippen molar-refractivity contribution in [1.82, 2.24) is 0 Å². The highest BCUT2D eigenvalue weighted by molar-refractivity contribution is 7.92. The van der Waals surface area contributed by atoms with Crippen LogP contribution in [0.2, 0.25) is 0 Å². The fraction of sp³-hybridized carbons (Fsp3) is 0.333. The summed E-state index contributed by atoms with van der Waals surface area (Å²) in [5.41, 5.74) is 0.988. The van der Waals surface area contributed by atoms with Gasteiger partial charge in [0.15, 0.2) is 9.84 Å². The van der Waals surface area contributed by atoms with Crippen molar-refractivity contribution in [2.45, 2.75) is 6.04 Å². The van der Waals surface area contributed by atoms with Gasteiger partial charge in [-0.1, -0.05) is 18.2 Å². The standard InChI is InChI=1S/C9H11NO2S/c11-13(12)6-9(7-13)10-8-4-2-1-3-5-8/h1-5,9-10H,6-7H2. The van der Waals surface area contributed by atoms with Crippen molar-refractivity contribution < 1.29 is 8.42 Å². The molecule has 1 fully saturated rings. The van der Waals surface area contributed by atoms with Gasteiger partial charge in [0.1, 0.15) is 0 Å². The Labute approximate surface area is 77.7 Å². The van der Waals surface area contributed by atoms with Gasteiger partial charge in [-0.15, -0.1) is 0 Å². The van der Waals surface area contributed by atoms with Crippen LogP contribution in [0, 0.1) is 0 Å². The Morgan fingerprint density at radius 1 is 1.15 bits per heavy atom. The van der Waals surface area contributed by atoms with Gasteiger partial charge in [0.05, 0.1) is 17.5 Å². The largest absolute Gasteiger partial charge is 0.380 e. The van der Waals surface area contributed by atoms with Crippen molar-refractivity contribution in [2.75, 3.05) is 16.8 Å². The topological polar surface area (TPSA) is 46.2 Å². The second-order valence-electron chi connectivity index (χ2n) is 3.28. The molecule has 1 saturated heterocycles. The van der Waals surface area contributed by atoms with Crippen LogP contribution in [0.15, 0.2) is 30.3 Å². The molecular formula is C9H11NO2S. The minimum absolute atomic E-state index is 0.104. The van der Waals surface area contributed by atoms with Crippen LogP contribution < -0.4 is 5.32 Å². The van der Waals surface area contributed by atoms with Crippen molar-refractivity contribution in [3.05, 3.63) is 30.3 Å². The summed E-state index contributed by atoms with van der Waals surface area (Å²) >= 11 is 0. The molecule has 0 bridgehead atoms. The number of rotatable bonds is 2. The number of hydrogen-bond acceptors (Lipinski definition) is 3. The van der Waals surface area contributed by atoms with Crippen molar-refractivity contribution in [1.29, 1.82) is 0 Å². The van der Waals surface area contributed by atoms with E-state index in [9.17, 15) is 8.42 Å². The molecule has 0 atom stereocenters. The second-order valence-corrected chi connectivity index (χ2v) is 5.44. The van der Waals surface area contributed by atoms with Gasteiger partial charge >= 0.3 is 0 Å². The van der Waals surface area contributed by atoms with E-state index in [1.807, 2.05) is 30.3 Å². The van der Waals surface area contributed by atoms with Crippen LogP contribution in [0.4, 0.5) is 5.69 Å². The average molecular weight is 197 g/mol. The molecule has 4 heteroatoms. The first-order valence-electron chi connectivity index (χ1n) is 4.18. The molecule has 0 aromatic heterocycles. The molecule has 1 N–H and O–H groups in total. The number of para-hydroxylation sites is 1. The van der Waals surface area contributed by atoms with Gasteiger partial charge in [-0.3, -0.25) is 0 Å². The normalized spacial score (nSPS) is 20.6. The smallest absolute Gasteiger partial charge is 0.154 e. The molecule has 0 aliphatic carbocycles. The summed E-state index contributed by atoms with van der Waals surface area (Å²) in [6, 6.07) is 9.76. The summed E-state index contributed by atoms with van der Waals surface area (Å²) in [7, 11) is -2.71. The lowest BCUT2D eigenvalue weighted by Gasteiger charge is -2.27. The maximum atomic E-state index is 10.8. The van der Waals surface area contributed by atoms with Crippen LogP contribution in [0.1, 0.15) is 0 Å². The Kier molecular flexibility index (Phi) is 2.00. The van der Waals surface area contributed by atoms with Crippen LogP contribution in [-0.2, 0) is 9.84 Å². The molecule has 70 valence electrons. The van der Waals surface area contributed by atoms with E-state index in [4.69, 9.17) is 0 Å². The maximum Gasteiger partial charge on any atom is 0.154 e. The molecule has 1 aromatic carbocycles. The molecule has 1 aromatic rings. The summed E-state index contributed by atoms with van der Waals surface area (Å²) in [4.78, 5) is 0. The highest BCUT2D eigenvalue weighted by atomic mass is 32.2. The summed E-state index contributed by atoms with van der Waals surface area (Å²) < 4.78 is 21.7. The molecule has 13 heavy (non-hydrogen) atoms. The SMILES string of the molecule is O=S1(=O)CC(Nc2ccccc2)C1. The van der Waals surface area contributed by atoms with Crippen molar-refractivity contribution in [3.63, 3.8) is 0 Å². The zero-order valence-electron chi connectivity index (χ0n) is 7.10. The minimum Gasteiger partial charge on any atom is -0.380 e. The van der Waals surface area contributed by atoms with Crippen molar-refractivity contribution in [2.24, 2.45) is 0 Å². The predicted octanol–water partition coefficient (Wildman–Crippen LogP) is 0.896. The minimum atomic E-state index is -2.71. The first-order chi connectivity index (χ1) is 6.16. The summed E-state index contributed by atoms with van der Waals surface area (Å²) in [5.74, 6) is 0.532. The molecule has 3 nitrogen and oxygen atoms in total. The quantitative estimate of drug-likeness (QED) is 0.766. The summed E-state index contributed by atoms with van der Waals surface area (Å²) in [5, 5.41) is 3.15. The van der Waals surface area contributed by atoms with Gasteiger partial charge in [0, 0.05) is 5.69 Å². The van der Waals surface area contributed by atoms with Gasteiger partial charge in [-0.25, -0.2) is 8.42 Å². The van der Waals surface area contributed by atoms with Crippen LogP contribution in [-0.4, -0.2) is 26.0 Å².